The molecule has 0 aliphatic carbocycles. The van der Waals surface area contributed by atoms with Crippen LogP contribution in [0.1, 0.15) is 24.8 Å². The quantitative estimate of drug-likeness (QED) is 0.751. The van der Waals surface area contributed by atoms with Crippen LogP contribution >= 0.6 is 11.8 Å². The third kappa shape index (κ3) is 4.51. The standard InChI is InChI=1S/C23H25N3O3S/c27-20(24-15-17-9-3-1-4-10-17)16-26-18-11-5-6-12-19(18)30-21(23(26)29)22(28)25-13-7-2-8-14-25/h1,3-6,9-12,21H,2,7-8,13-16H2,(H,24,27). The first kappa shape index (κ1) is 20.5. The van der Waals surface area contributed by atoms with Crippen LogP contribution in [-0.4, -0.2) is 47.5 Å². The van der Waals surface area contributed by atoms with Gasteiger partial charge in [-0.1, -0.05) is 42.5 Å². The second-order valence-electron chi connectivity index (χ2n) is 7.54. The summed E-state index contributed by atoms with van der Waals surface area (Å²) >= 11 is 1.29. The first-order valence-electron chi connectivity index (χ1n) is 10.3. The molecule has 1 saturated heterocycles. The highest BCUT2D eigenvalue weighted by Gasteiger charge is 2.40. The molecule has 7 heteroatoms. The van der Waals surface area contributed by atoms with Gasteiger partial charge < -0.3 is 15.1 Å². The average molecular weight is 424 g/mol. The highest BCUT2D eigenvalue weighted by molar-refractivity contribution is 8.01. The van der Waals surface area contributed by atoms with Gasteiger partial charge in [0.15, 0.2) is 5.25 Å². The van der Waals surface area contributed by atoms with Crippen molar-refractivity contribution in [1.29, 1.82) is 0 Å². The predicted octanol–water partition coefficient (Wildman–Crippen LogP) is 2.82. The highest BCUT2D eigenvalue weighted by Crippen LogP contribution is 2.39. The molecule has 2 aromatic rings. The number of nitrogens with one attached hydrogen (secondary N) is 1. The number of carbonyl (C=O) groups is 3. The third-order valence-corrected chi connectivity index (χ3v) is 6.66. The number of fused-ring (bicyclic) bond motifs is 1. The van der Waals surface area contributed by atoms with Gasteiger partial charge in [0.1, 0.15) is 6.54 Å². The van der Waals surface area contributed by atoms with Crippen LogP contribution in [0.4, 0.5) is 5.69 Å². The van der Waals surface area contributed by atoms with Crippen molar-refractivity contribution in [1.82, 2.24) is 10.2 Å². The van der Waals surface area contributed by atoms with Gasteiger partial charge in [-0.05, 0) is 37.0 Å². The molecule has 0 bridgehead atoms. The van der Waals surface area contributed by atoms with Gasteiger partial charge in [0.2, 0.25) is 11.8 Å². The Morgan fingerprint density at radius 3 is 2.43 bits per heavy atom. The number of amides is 3. The van der Waals surface area contributed by atoms with Gasteiger partial charge in [-0.25, -0.2) is 0 Å². The molecular weight excluding hydrogens is 398 g/mol. The molecule has 6 nitrogen and oxygen atoms in total. The van der Waals surface area contributed by atoms with E-state index in [1.165, 1.54) is 16.7 Å². The number of piperidine rings is 1. The average Bonchev–Trinajstić information content (AvgIpc) is 2.80. The zero-order valence-corrected chi connectivity index (χ0v) is 17.6. The van der Waals surface area contributed by atoms with Crippen molar-refractivity contribution < 1.29 is 14.4 Å². The molecule has 156 valence electrons. The fraction of sp³-hybridized carbons (Fsp3) is 0.348. The smallest absolute Gasteiger partial charge is 0.250 e. The Morgan fingerprint density at radius 2 is 1.67 bits per heavy atom. The number of carbonyl (C=O) groups excluding carboxylic acids is 3. The molecule has 2 heterocycles. The van der Waals surface area contributed by atoms with Gasteiger partial charge in [-0.2, -0.15) is 0 Å². The highest BCUT2D eigenvalue weighted by atomic mass is 32.2. The van der Waals surface area contributed by atoms with Crippen LogP contribution in [0, 0.1) is 0 Å². The lowest BCUT2D eigenvalue weighted by molar-refractivity contribution is -0.135. The minimum Gasteiger partial charge on any atom is -0.350 e. The van der Waals surface area contributed by atoms with E-state index < -0.39 is 5.25 Å². The predicted molar refractivity (Wildman–Crippen MR) is 117 cm³/mol. The molecule has 4 rings (SSSR count). The molecule has 1 fully saturated rings. The summed E-state index contributed by atoms with van der Waals surface area (Å²) in [5, 5.41) is 2.04. The number of para-hydroxylation sites is 1. The van der Waals surface area contributed by atoms with Gasteiger partial charge in [0.05, 0.1) is 5.69 Å². The van der Waals surface area contributed by atoms with E-state index in [9.17, 15) is 14.4 Å². The Labute approximate surface area is 180 Å². The molecule has 0 aromatic heterocycles. The molecule has 3 amide bonds. The number of hydrogen-bond acceptors (Lipinski definition) is 4. The molecule has 1 N–H and O–H groups in total. The van der Waals surface area contributed by atoms with Crippen LogP contribution in [0.5, 0.6) is 0 Å². The molecule has 0 saturated carbocycles. The van der Waals surface area contributed by atoms with Crippen LogP contribution in [-0.2, 0) is 20.9 Å². The van der Waals surface area contributed by atoms with Crippen molar-refractivity contribution in [2.75, 3.05) is 24.5 Å². The van der Waals surface area contributed by atoms with E-state index in [2.05, 4.69) is 5.32 Å². The number of nitrogens with zero attached hydrogens (tertiary/aromatic N) is 2. The number of rotatable bonds is 5. The number of likely N-dealkylation sites (tertiary alicyclic amines) is 1. The van der Waals surface area contributed by atoms with E-state index in [1.807, 2.05) is 54.6 Å². The number of benzene rings is 2. The second-order valence-corrected chi connectivity index (χ2v) is 8.69. The summed E-state index contributed by atoms with van der Waals surface area (Å²) in [7, 11) is 0. The van der Waals surface area contributed by atoms with Crippen molar-refractivity contribution in [3.05, 3.63) is 60.2 Å². The lowest BCUT2D eigenvalue weighted by atomic mass is 10.1. The van der Waals surface area contributed by atoms with E-state index in [0.29, 0.717) is 25.3 Å². The summed E-state index contributed by atoms with van der Waals surface area (Å²) in [5.41, 5.74) is 1.68. The SMILES string of the molecule is O=C(CN1C(=O)C(C(=O)N2CCCCC2)Sc2ccccc21)NCc1ccccc1. The van der Waals surface area contributed by atoms with Crippen LogP contribution in [0.25, 0.3) is 0 Å². The van der Waals surface area contributed by atoms with Crippen molar-refractivity contribution in [2.24, 2.45) is 0 Å². The van der Waals surface area contributed by atoms with Crippen molar-refractivity contribution in [3.63, 3.8) is 0 Å². The minimum absolute atomic E-state index is 0.104. The summed E-state index contributed by atoms with van der Waals surface area (Å²) in [6.45, 7) is 1.69. The van der Waals surface area contributed by atoms with Gasteiger partial charge in [0, 0.05) is 24.5 Å². The van der Waals surface area contributed by atoms with E-state index in [-0.39, 0.29) is 24.3 Å². The van der Waals surface area contributed by atoms with E-state index >= 15 is 0 Å². The Balaban J connectivity index is 1.49. The topological polar surface area (TPSA) is 69.7 Å². The monoisotopic (exact) mass is 423 g/mol. The van der Waals surface area contributed by atoms with Gasteiger partial charge in [-0.3, -0.25) is 14.4 Å². The summed E-state index contributed by atoms with van der Waals surface area (Å²) in [6, 6.07) is 17.1. The summed E-state index contributed by atoms with van der Waals surface area (Å²) in [4.78, 5) is 43.0. The lowest BCUT2D eigenvalue weighted by Gasteiger charge is -2.36. The van der Waals surface area contributed by atoms with Gasteiger partial charge in [0.25, 0.3) is 5.91 Å². The first-order chi connectivity index (χ1) is 14.6. The normalized spacial score (nSPS) is 18.7. The number of anilines is 1. The molecule has 0 radical (unpaired) electrons. The molecule has 30 heavy (non-hydrogen) atoms. The van der Waals surface area contributed by atoms with Crippen LogP contribution < -0.4 is 10.2 Å². The lowest BCUT2D eigenvalue weighted by Crippen LogP contribution is -2.52. The third-order valence-electron chi connectivity index (χ3n) is 5.42. The van der Waals surface area contributed by atoms with Crippen molar-refractivity contribution >= 4 is 35.2 Å². The molecule has 1 unspecified atom stereocenters. The zero-order chi connectivity index (χ0) is 20.9. The fourth-order valence-corrected chi connectivity index (χ4v) is 5.00. The molecule has 2 aromatic carbocycles. The van der Waals surface area contributed by atoms with E-state index in [0.717, 1.165) is 29.7 Å². The summed E-state index contributed by atoms with van der Waals surface area (Å²) in [6.07, 6.45) is 3.06. The Morgan fingerprint density at radius 1 is 0.967 bits per heavy atom. The Hall–Kier alpha value is -2.80. The maximum Gasteiger partial charge on any atom is 0.250 e. The summed E-state index contributed by atoms with van der Waals surface area (Å²) < 4.78 is 0. The van der Waals surface area contributed by atoms with Crippen molar-refractivity contribution in [2.45, 2.75) is 36.0 Å². The summed E-state index contributed by atoms with van der Waals surface area (Å²) in [5.74, 6) is -0.712. The molecule has 2 aliphatic rings. The number of hydrogen-bond donors (Lipinski definition) is 1. The maximum absolute atomic E-state index is 13.3. The zero-order valence-electron chi connectivity index (χ0n) is 16.8. The molecular formula is C23H25N3O3S. The largest absolute Gasteiger partial charge is 0.350 e. The maximum atomic E-state index is 13.3. The van der Waals surface area contributed by atoms with E-state index in [4.69, 9.17) is 0 Å². The fourth-order valence-electron chi connectivity index (χ4n) is 3.81. The van der Waals surface area contributed by atoms with Crippen LogP contribution in [0.2, 0.25) is 0 Å². The minimum atomic E-state index is -0.833. The Kier molecular flexibility index (Phi) is 6.38. The molecule has 0 spiro atoms. The molecule has 2 aliphatic heterocycles. The second kappa shape index (κ2) is 9.34. The number of thioether (sulfide) groups is 1. The van der Waals surface area contributed by atoms with Gasteiger partial charge in [-0.15, -0.1) is 11.8 Å². The molecule has 1 atom stereocenters. The van der Waals surface area contributed by atoms with Gasteiger partial charge >= 0.3 is 0 Å². The van der Waals surface area contributed by atoms with Crippen molar-refractivity contribution in [3.8, 4) is 0 Å². The van der Waals surface area contributed by atoms with Crippen LogP contribution in [0.15, 0.2) is 59.5 Å². The van der Waals surface area contributed by atoms with E-state index in [1.54, 1.807) is 4.90 Å². The van der Waals surface area contributed by atoms with Crippen LogP contribution in [0.3, 0.4) is 0 Å². The Bertz CT molecular complexity index is 928. The first-order valence-corrected chi connectivity index (χ1v) is 11.2.